The highest BCUT2D eigenvalue weighted by molar-refractivity contribution is 6.03. The molecule has 4 unspecified atom stereocenters. The second kappa shape index (κ2) is 11.5. The number of piperidine rings is 1. The Morgan fingerprint density at radius 2 is 1.48 bits per heavy atom. The first-order valence-corrected chi connectivity index (χ1v) is 12.4. The van der Waals surface area contributed by atoms with Crippen molar-refractivity contribution in [3.05, 3.63) is 0 Å². The number of imide groups is 1. The van der Waals surface area contributed by atoms with Crippen LogP contribution in [0.5, 0.6) is 0 Å². The molecular weight excluding hydrogens is 360 g/mol. The zero-order valence-electron chi connectivity index (χ0n) is 19.8. The summed E-state index contributed by atoms with van der Waals surface area (Å²) in [6.45, 7) is 11.0. The molecule has 0 bridgehead atoms. The van der Waals surface area contributed by atoms with E-state index in [0.29, 0.717) is 18.4 Å². The molecule has 2 fully saturated rings. The number of unbranched alkanes of at least 4 members (excludes halogenated alkanes) is 9. The first-order valence-electron chi connectivity index (χ1n) is 12.4. The van der Waals surface area contributed by atoms with Gasteiger partial charge in [0.2, 0.25) is 11.8 Å². The maximum Gasteiger partial charge on any atom is 0.233 e. The molecule has 1 N–H and O–H groups in total. The molecular formula is C25H46N2O2. The predicted octanol–water partition coefficient (Wildman–Crippen LogP) is 5.84. The fraction of sp³-hybridized carbons (Fsp3) is 0.920. The molecule has 0 radical (unpaired) electrons. The second-order valence-corrected chi connectivity index (χ2v) is 10.4. The van der Waals surface area contributed by atoms with Gasteiger partial charge in [0.1, 0.15) is 0 Å². The quantitative estimate of drug-likeness (QED) is 0.327. The van der Waals surface area contributed by atoms with E-state index in [-0.39, 0.29) is 29.3 Å². The van der Waals surface area contributed by atoms with E-state index in [2.05, 4.69) is 39.9 Å². The van der Waals surface area contributed by atoms with Crippen LogP contribution in [0, 0.1) is 11.8 Å². The molecule has 4 atom stereocenters. The highest BCUT2D eigenvalue weighted by Crippen LogP contribution is 2.35. The van der Waals surface area contributed by atoms with Crippen LogP contribution in [0.25, 0.3) is 0 Å². The Bertz CT molecular complexity index is 531. The molecule has 4 heteroatoms. The number of carbonyl (C=O) groups excluding carboxylic acids is 2. The topological polar surface area (TPSA) is 49.4 Å². The molecule has 0 aromatic carbocycles. The Labute approximate surface area is 179 Å². The maximum absolute atomic E-state index is 13.1. The number of carbonyl (C=O) groups is 2. The van der Waals surface area contributed by atoms with Gasteiger partial charge in [-0.05, 0) is 39.5 Å². The van der Waals surface area contributed by atoms with E-state index < -0.39 is 0 Å². The summed E-state index contributed by atoms with van der Waals surface area (Å²) in [4.78, 5) is 27.4. The smallest absolute Gasteiger partial charge is 0.233 e. The molecule has 168 valence electrons. The number of hydrogen-bond acceptors (Lipinski definition) is 3. The minimum atomic E-state index is -0.0722. The average Bonchev–Trinajstić information content (AvgIpc) is 2.93. The Balaban J connectivity index is 1.71. The van der Waals surface area contributed by atoms with Gasteiger partial charge in [0.05, 0.1) is 0 Å². The zero-order chi connectivity index (χ0) is 21.4. The number of amides is 2. The minimum Gasteiger partial charge on any atom is -0.309 e. The van der Waals surface area contributed by atoms with E-state index in [0.717, 1.165) is 19.3 Å². The molecule has 0 saturated carbocycles. The van der Waals surface area contributed by atoms with E-state index in [1.54, 1.807) is 4.90 Å². The third-order valence-corrected chi connectivity index (χ3v) is 7.25. The molecule has 2 amide bonds. The Morgan fingerprint density at radius 1 is 0.931 bits per heavy atom. The van der Waals surface area contributed by atoms with Crippen molar-refractivity contribution in [2.45, 2.75) is 136 Å². The largest absolute Gasteiger partial charge is 0.309 e. The summed E-state index contributed by atoms with van der Waals surface area (Å²) in [6, 6.07) is 0.351. The molecule has 4 nitrogen and oxygen atoms in total. The van der Waals surface area contributed by atoms with Crippen molar-refractivity contribution < 1.29 is 9.59 Å². The highest BCUT2D eigenvalue weighted by Gasteiger charge is 2.48. The molecule has 2 aliphatic heterocycles. The van der Waals surface area contributed by atoms with Crippen LogP contribution in [0.15, 0.2) is 0 Å². The molecule has 29 heavy (non-hydrogen) atoms. The van der Waals surface area contributed by atoms with Gasteiger partial charge in [-0.15, -0.1) is 0 Å². The van der Waals surface area contributed by atoms with Crippen LogP contribution in [0.1, 0.15) is 118 Å². The van der Waals surface area contributed by atoms with Gasteiger partial charge in [-0.2, -0.15) is 0 Å². The maximum atomic E-state index is 13.1. The van der Waals surface area contributed by atoms with Crippen LogP contribution in [-0.2, 0) is 9.59 Å². The average molecular weight is 407 g/mol. The minimum absolute atomic E-state index is 0.0359. The third-order valence-electron chi connectivity index (χ3n) is 7.25. The summed E-state index contributed by atoms with van der Waals surface area (Å²) in [5, 5.41) is 3.62. The van der Waals surface area contributed by atoms with Crippen LogP contribution in [-0.4, -0.2) is 34.3 Å². The third kappa shape index (κ3) is 7.08. The Hall–Kier alpha value is -0.900. The van der Waals surface area contributed by atoms with Gasteiger partial charge in [0, 0.05) is 30.0 Å². The fourth-order valence-corrected chi connectivity index (χ4v) is 5.34. The Morgan fingerprint density at radius 3 is 2.07 bits per heavy atom. The molecule has 2 saturated heterocycles. The zero-order valence-corrected chi connectivity index (χ0v) is 19.8. The number of hydrogen-bond donors (Lipinski definition) is 1. The van der Waals surface area contributed by atoms with E-state index in [1.165, 1.54) is 57.8 Å². The van der Waals surface area contributed by atoms with Crippen LogP contribution >= 0.6 is 0 Å². The number of likely N-dealkylation sites (tertiary alicyclic amines) is 1. The van der Waals surface area contributed by atoms with Crippen LogP contribution < -0.4 is 5.32 Å². The van der Waals surface area contributed by atoms with Crippen molar-refractivity contribution in [3.8, 4) is 0 Å². The van der Waals surface area contributed by atoms with Crippen LogP contribution in [0.2, 0.25) is 0 Å². The lowest BCUT2D eigenvalue weighted by atomic mass is 9.78. The van der Waals surface area contributed by atoms with Gasteiger partial charge < -0.3 is 5.32 Å². The van der Waals surface area contributed by atoms with Gasteiger partial charge in [0.25, 0.3) is 0 Å². The van der Waals surface area contributed by atoms with Crippen molar-refractivity contribution in [3.63, 3.8) is 0 Å². The summed E-state index contributed by atoms with van der Waals surface area (Å²) in [6.07, 6.45) is 15.2. The normalized spacial score (nSPS) is 29.6. The van der Waals surface area contributed by atoms with Gasteiger partial charge >= 0.3 is 0 Å². The summed E-state index contributed by atoms with van der Waals surface area (Å²) in [5.41, 5.74) is -0.0359. The lowest BCUT2D eigenvalue weighted by Gasteiger charge is -2.47. The van der Waals surface area contributed by atoms with E-state index >= 15 is 0 Å². The molecule has 0 aliphatic carbocycles. The first-order chi connectivity index (χ1) is 13.8. The molecule has 2 aliphatic rings. The molecule has 0 aromatic heterocycles. The van der Waals surface area contributed by atoms with Crippen molar-refractivity contribution in [1.29, 1.82) is 0 Å². The number of nitrogens with one attached hydrogen (secondary N) is 1. The lowest BCUT2D eigenvalue weighted by Crippen LogP contribution is -2.62. The van der Waals surface area contributed by atoms with Crippen molar-refractivity contribution >= 4 is 11.8 Å². The summed E-state index contributed by atoms with van der Waals surface area (Å²) in [7, 11) is 0. The second-order valence-electron chi connectivity index (χ2n) is 10.4. The summed E-state index contributed by atoms with van der Waals surface area (Å²) in [5.74, 6) is 0.394. The number of nitrogens with zero attached hydrogens (tertiary/aromatic N) is 1. The number of rotatable bonds is 12. The van der Waals surface area contributed by atoms with Crippen molar-refractivity contribution in [1.82, 2.24) is 10.2 Å². The monoisotopic (exact) mass is 406 g/mol. The fourth-order valence-electron chi connectivity index (χ4n) is 5.34. The van der Waals surface area contributed by atoms with Gasteiger partial charge in [-0.1, -0.05) is 78.1 Å². The standard InChI is InChI=1S/C25H46N2O2/c1-6-7-8-9-10-11-12-13-14-15-16-21-17-23(28)27(24(21)29)22-18-25(4,5)26-20(3)19(22)2/h19-22,26H,6-18H2,1-5H3. The van der Waals surface area contributed by atoms with Crippen molar-refractivity contribution in [2.24, 2.45) is 11.8 Å². The molecule has 2 heterocycles. The van der Waals surface area contributed by atoms with Gasteiger partial charge in [0.15, 0.2) is 0 Å². The summed E-state index contributed by atoms with van der Waals surface area (Å²) < 4.78 is 0. The van der Waals surface area contributed by atoms with E-state index in [9.17, 15) is 9.59 Å². The first kappa shape index (κ1) is 24.4. The molecule has 0 spiro atoms. The highest BCUT2D eigenvalue weighted by atomic mass is 16.2. The van der Waals surface area contributed by atoms with Gasteiger partial charge in [-0.25, -0.2) is 0 Å². The van der Waals surface area contributed by atoms with E-state index in [1.807, 2.05) is 0 Å². The molecule has 0 aromatic rings. The Kier molecular flexibility index (Phi) is 9.65. The summed E-state index contributed by atoms with van der Waals surface area (Å²) >= 11 is 0. The van der Waals surface area contributed by atoms with Gasteiger partial charge in [-0.3, -0.25) is 14.5 Å². The lowest BCUT2D eigenvalue weighted by molar-refractivity contribution is -0.145. The molecule has 2 rings (SSSR count). The predicted molar refractivity (Wildman–Crippen MR) is 121 cm³/mol. The van der Waals surface area contributed by atoms with Crippen LogP contribution in [0.3, 0.4) is 0 Å². The van der Waals surface area contributed by atoms with E-state index in [4.69, 9.17) is 0 Å². The van der Waals surface area contributed by atoms with Crippen LogP contribution in [0.4, 0.5) is 0 Å². The van der Waals surface area contributed by atoms with Crippen molar-refractivity contribution in [2.75, 3.05) is 0 Å². The SMILES string of the molecule is CCCCCCCCCCCCC1CC(=O)N(C2CC(C)(C)NC(C)C2C)C1=O.